The van der Waals surface area contributed by atoms with Gasteiger partial charge in [-0.1, -0.05) is 36.4 Å². The Morgan fingerprint density at radius 3 is 2.67 bits per heavy atom. The number of nitrogens with one attached hydrogen (secondary N) is 1. The van der Waals surface area contributed by atoms with E-state index in [0.29, 0.717) is 6.61 Å². The molecule has 3 rings (SSSR count). The highest BCUT2D eigenvalue weighted by Crippen LogP contribution is 2.28. The first-order chi connectivity index (χ1) is 10.4. The lowest BCUT2D eigenvalue weighted by Gasteiger charge is -2.10. The standard InChI is InChI=1S/C17H18N2OS/c1-2-20-12-14-8-4-3-7-13(14)11-18-17-15-9-5-6-10-16(15)19-21-17/h3-10,18H,2,11-12H2,1H3. The van der Waals surface area contributed by atoms with Crippen LogP contribution in [-0.2, 0) is 17.9 Å². The van der Waals surface area contributed by atoms with Gasteiger partial charge in [0.2, 0.25) is 0 Å². The highest BCUT2D eigenvalue weighted by molar-refractivity contribution is 7.11. The molecular weight excluding hydrogens is 280 g/mol. The van der Waals surface area contributed by atoms with Crippen LogP contribution >= 0.6 is 11.5 Å². The maximum atomic E-state index is 5.53. The van der Waals surface area contributed by atoms with Gasteiger partial charge in [-0.05, 0) is 41.7 Å². The molecular formula is C17H18N2OS. The molecule has 0 atom stereocenters. The number of aromatic nitrogens is 1. The van der Waals surface area contributed by atoms with Crippen LogP contribution in [0.1, 0.15) is 18.1 Å². The Morgan fingerprint density at radius 1 is 1.05 bits per heavy atom. The lowest BCUT2D eigenvalue weighted by molar-refractivity contribution is 0.133. The molecule has 108 valence electrons. The largest absolute Gasteiger partial charge is 0.377 e. The Hall–Kier alpha value is -1.91. The lowest BCUT2D eigenvalue weighted by Crippen LogP contribution is -2.03. The first kappa shape index (κ1) is 14.0. The second kappa shape index (κ2) is 6.70. The summed E-state index contributed by atoms with van der Waals surface area (Å²) in [5, 5.41) is 5.81. The van der Waals surface area contributed by atoms with Gasteiger partial charge in [0.05, 0.1) is 12.1 Å². The monoisotopic (exact) mass is 298 g/mol. The fraction of sp³-hybridized carbons (Fsp3) is 0.235. The van der Waals surface area contributed by atoms with Crippen molar-refractivity contribution in [3.63, 3.8) is 0 Å². The van der Waals surface area contributed by atoms with Crippen molar-refractivity contribution in [1.29, 1.82) is 0 Å². The number of hydrogen-bond donors (Lipinski definition) is 1. The minimum Gasteiger partial charge on any atom is -0.377 e. The van der Waals surface area contributed by atoms with Crippen LogP contribution in [-0.4, -0.2) is 11.0 Å². The van der Waals surface area contributed by atoms with Gasteiger partial charge in [-0.3, -0.25) is 0 Å². The number of rotatable bonds is 6. The molecule has 3 nitrogen and oxygen atoms in total. The summed E-state index contributed by atoms with van der Waals surface area (Å²) < 4.78 is 9.99. The van der Waals surface area contributed by atoms with E-state index in [4.69, 9.17) is 4.74 Å². The molecule has 0 saturated carbocycles. The van der Waals surface area contributed by atoms with Gasteiger partial charge < -0.3 is 10.1 Å². The van der Waals surface area contributed by atoms with E-state index in [-0.39, 0.29) is 0 Å². The van der Waals surface area contributed by atoms with Crippen molar-refractivity contribution in [2.75, 3.05) is 11.9 Å². The summed E-state index contributed by atoms with van der Waals surface area (Å²) in [7, 11) is 0. The Balaban J connectivity index is 1.75. The fourth-order valence-electron chi connectivity index (χ4n) is 2.28. The molecule has 0 aliphatic carbocycles. The van der Waals surface area contributed by atoms with E-state index in [2.05, 4.69) is 40.0 Å². The zero-order chi connectivity index (χ0) is 14.5. The molecule has 0 aliphatic rings. The molecule has 0 fully saturated rings. The molecule has 1 N–H and O–H groups in total. The maximum absolute atomic E-state index is 5.53. The third-order valence-corrected chi connectivity index (χ3v) is 4.24. The molecule has 0 aliphatic heterocycles. The molecule has 21 heavy (non-hydrogen) atoms. The quantitative estimate of drug-likeness (QED) is 0.730. The minimum absolute atomic E-state index is 0.664. The molecule has 4 heteroatoms. The topological polar surface area (TPSA) is 34.1 Å². The van der Waals surface area contributed by atoms with Crippen molar-refractivity contribution < 1.29 is 4.74 Å². The molecule has 3 aromatic rings. The molecule has 0 amide bonds. The van der Waals surface area contributed by atoms with Crippen LogP contribution < -0.4 is 5.32 Å². The van der Waals surface area contributed by atoms with Gasteiger partial charge >= 0.3 is 0 Å². The van der Waals surface area contributed by atoms with E-state index < -0.39 is 0 Å². The van der Waals surface area contributed by atoms with Gasteiger partial charge in [-0.15, -0.1) is 0 Å². The van der Waals surface area contributed by atoms with E-state index >= 15 is 0 Å². The van der Waals surface area contributed by atoms with Crippen molar-refractivity contribution in [3.05, 3.63) is 59.7 Å². The van der Waals surface area contributed by atoms with Gasteiger partial charge in [-0.25, -0.2) is 0 Å². The highest BCUT2D eigenvalue weighted by Gasteiger charge is 2.06. The normalized spacial score (nSPS) is 10.9. The molecule has 0 saturated heterocycles. The molecule has 1 aromatic heterocycles. The summed E-state index contributed by atoms with van der Waals surface area (Å²) in [5.74, 6) is 0. The van der Waals surface area contributed by atoms with Crippen LogP contribution in [0.3, 0.4) is 0 Å². The zero-order valence-corrected chi connectivity index (χ0v) is 12.8. The maximum Gasteiger partial charge on any atom is 0.117 e. The molecule has 0 bridgehead atoms. The Bertz CT molecular complexity index is 723. The Morgan fingerprint density at radius 2 is 1.81 bits per heavy atom. The minimum atomic E-state index is 0.664. The fourth-order valence-corrected chi connectivity index (χ4v) is 3.03. The third kappa shape index (κ3) is 3.23. The van der Waals surface area contributed by atoms with Crippen molar-refractivity contribution >= 4 is 27.4 Å². The van der Waals surface area contributed by atoms with E-state index in [1.165, 1.54) is 28.0 Å². The average Bonchev–Trinajstić information content (AvgIpc) is 2.95. The van der Waals surface area contributed by atoms with Crippen molar-refractivity contribution in [3.8, 4) is 0 Å². The lowest BCUT2D eigenvalue weighted by atomic mass is 10.1. The number of hydrogen-bond acceptors (Lipinski definition) is 4. The van der Waals surface area contributed by atoms with Crippen LogP contribution in [0, 0.1) is 0 Å². The Labute approximate surface area is 128 Å². The number of ether oxygens (including phenoxy) is 1. The summed E-state index contributed by atoms with van der Waals surface area (Å²) in [4.78, 5) is 0. The molecule has 0 radical (unpaired) electrons. The summed E-state index contributed by atoms with van der Waals surface area (Å²) in [5.41, 5.74) is 3.55. The van der Waals surface area contributed by atoms with Crippen LogP contribution in [0.2, 0.25) is 0 Å². The molecule has 1 heterocycles. The van der Waals surface area contributed by atoms with E-state index in [9.17, 15) is 0 Å². The van der Waals surface area contributed by atoms with Crippen molar-refractivity contribution in [1.82, 2.24) is 4.37 Å². The second-order valence-corrected chi connectivity index (χ2v) is 5.56. The first-order valence-corrected chi connectivity index (χ1v) is 7.88. The van der Waals surface area contributed by atoms with Crippen LogP contribution in [0.5, 0.6) is 0 Å². The number of nitrogens with zero attached hydrogens (tertiary/aromatic N) is 1. The molecule has 0 unspecified atom stereocenters. The van der Waals surface area contributed by atoms with Crippen LogP contribution in [0.25, 0.3) is 10.9 Å². The SMILES string of the molecule is CCOCc1ccccc1CNc1snc2ccccc12. The van der Waals surface area contributed by atoms with Crippen LogP contribution in [0.15, 0.2) is 48.5 Å². The zero-order valence-electron chi connectivity index (χ0n) is 12.0. The van der Waals surface area contributed by atoms with E-state index in [0.717, 1.165) is 23.7 Å². The van der Waals surface area contributed by atoms with Crippen molar-refractivity contribution in [2.24, 2.45) is 0 Å². The van der Waals surface area contributed by atoms with Gasteiger partial charge in [0.15, 0.2) is 0 Å². The summed E-state index contributed by atoms with van der Waals surface area (Å²) in [6, 6.07) is 16.6. The summed E-state index contributed by atoms with van der Waals surface area (Å²) in [6.07, 6.45) is 0. The third-order valence-electron chi connectivity index (χ3n) is 3.40. The first-order valence-electron chi connectivity index (χ1n) is 7.11. The highest BCUT2D eigenvalue weighted by atomic mass is 32.1. The summed E-state index contributed by atoms with van der Waals surface area (Å²) >= 11 is 1.51. The smallest absolute Gasteiger partial charge is 0.117 e. The summed E-state index contributed by atoms with van der Waals surface area (Å²) in [6.45, 7) is 4.21. The predicted molar refractivity (Wildman–Crippen MR) is 88.7 cm³/mol. The van der Waals surface area contributed by atoms with Gasteiger partial charge in [-0.2, -0.15) is 4.37 Å². The second-order valence-electron chi connectivity index (χ2n) is 4.79. The predicted octanol–water partition coefficient (Wildman–Crippen LogP) is 4.44. The number of fused-ring (bicyclic) bond motifs is 1. The van der Waals surface area contributed by atoms with Gasteiger partial charge in [0, 0.05) is 18.5 Å². The van der Waals surface area contributed by atoms with Gasteiger partial charge in [0.25, 0.3) is 0 Å². The molecule has 2 aromatic carbocycles. The van der Waals surface area contributed by atoms with Gasteiger partial charge in [0.1, 0.15) is 5.00 Å². The Kier molecular flexibility index (Phi) is 4.48. The van der Waals surface area contributed by atoms with Crippen LogP contribution in [0.4, 0.5) is 5.00 Å². The van der Waals surface area contributed by atoms with E-state index in [1.54, 1.807) is 0 Å². The number of benzene rings is 2. The van der Waals surface area contributed by atoms with E-state index in [1.807, 2.05) is 25.1 Å². The average molecular weight is 298 g/mol. The molecule has 0 spiro atoms. The number of anilines is 1. The van der Waals surface area contributed by atoms with Crippen molar-refractivity contribution in [2.45, 2.75) is 20.1 Å².